The van der Waals surface area contributed by atoms with Crippen molar-refractivity contribution in [3.05, 3.63) is 53.8 Å². The third-order valence-electron chi connectivity index (χ3n) is 4.85. The summed E-state index contributed by atoms with van der Waals surface area (Å²) in [6, 6.07) is 10.9. The van der Waals surface area contributed by atoms with Crippen LogP contribution < -0.4 is 20.7 Å². The first-order valence-electron chi connectivity index (χ1n) is 9.91. The van der Waals surface area contributed by atoms with Crippen LogP contribution in [0.25, 0.3) is 0 Å². The largest absolute Gasteiger partial charge is 0.481 e. The minimum Gasteiger partial charge on any atom is -0.481 e. The van der Waals surface area contributed by atoms with Crippen LogP contribution in [0, 0.1) is 11.2 Å². The predicted octanol–water partition coefficient (Wildman–Crippen LogP) is 3.42. The summed E-state index contributed by atoms with van der Waals surface area (Å²) in [6.07, 6.45) is 1.49. The van der Waals surface area contributed by atoms with Gasteiger partial charge in [0.1, 0.15) is 17.4 Å². The summed E-state index contributed by atoms with van der Waals surface area (Å²) in [5, 5.41) is 10.2. The van der Waals surface area contributed by atoms with Crippen molar-refractivity contribution in [3.8, 4) is 5.75 Å². The fourth-order valence-corrected chi connectivity index (χ4v) is 3.34. The third-order valence-corrected chi connectivity index (χ3v) is 4.85. The summed E-state index contributed by atoms with van der Waals surface area (Å²) in [5.74, 6) is -0.746. The van der Waals surface area contributed by atoms with Crippen molar-refractivity contribution in [1.82, 2.24) is 0 Å². The Labute approximate surface area is 174 Å². The fraction of sp³-hybridized carbons (Fsp3) is 0.318. The second-order valence-electron chi connectivity index (χ2n) is 7.14. The van der Waals surface area contributed by atoms with Crippen molar-refractivity contribution in [2.45, 2.75) is 38.7 Å². The Bertz CT molecular complexity index is 963. The van der Waals surface area contributed by atoms with Gasteiger partial charge in [-0.15, -0.1) is 0 Å². The van der Waals surface area contributed by atoms with Crippen LogP contribution in [0.15, 0.2) is 42.5 Å². The van der Waals surface area contributed by atoms with Gasteiger partial charge in [0, 0.05) is 24.2 Å². The quantitative estimate of drug-likeness (QED) is 0.456. The molecule has 0 spiro atoms. The zero-order valence-electron chi connectivity index (χ0n) is 16.8. The number of hydrogen-bond acceptors (Lipinski definition) is 4. The topological polar surface area (TPSA) is 109 Å². The van der Waals surface area contributed by atoms with Gasteiger partial charge in [-0.25, -0.2) is 4.39 Å². The molecule has 0 radical (unpaired) electrons. The van der Waals surface area contributed by atoms with Crippen molar-refractivity contribution in [1.29, 1.82) is 5.41 Å². The van der Waals surface area contributed by atoms with Gasteiger partial charge in [0.25, 0.3) is 5.91 Å². The molecule has 2 aromatic rings. The van der Waals surface area contributed by atoms with Gasteiger partial charge >= 0.3 is 0 Å². The molecule has 1 atom stereocenters. The van der Waals surface area contributed by atoms with Gasteiger partial charge < -0.3 is 20.7 Å². The van der Waals surface area contributed by atoms with Gasteiger partial charge in [-0.05, 0) is 43.2 Å². The van der Waals surface area contributed by atoms with E-state index in [1.165, 1.54) is 17.0 Å². The van der Waals surface area contributed by atoms with Crippen LogP contribution in [0.3, 0.4) is 0 Å². The lowest BCUT2D eigenvalue weighted by Gasteiger charge is -2.20. The third kappa shape index (κ3) is 4.94. The summed E-state index contributed by atoms with van der Waals surface area (Å²) < 4.78 is 20.4. The number of nitrogens with two attached hydrogens (primary N) is 1. The second-order valence-corrected chi connectivity index (χ2v) is 7.14. The lowest BCUT2D eigenvalue weighted by molar-refractivity contribution is -0.123. The molecule has 2 amide bonds. The Morgan fingerprint density at radius 2 is 2.13 bits per heavy atom. The van der Waals surface area contributed by atoms with Crippen LogP contribution in [0.4, 0.5) is 15.8 Å². The summed E-state index contributed by atoms with van der Waals surface area (Å²) in [7, 11) is 0. The molecule has 1 aliphatic heterocycles. The monoisotopic (exact) mass is 412 g/mol. The van der Waals surface area contributed by atoms with Crippen molar-refractivity contribution in [2.75, 3.05) is 16.8 Å². The Morgan fingerprint density at radius 3 is 2.77 bits per heavy atom. The number of ether oxygens (including phenoxy) is 1. The maximum atomic E-state index is 14.5. The number of hydrogen-bond donors (Lipinski definition) is 3. The second kappa shape index (κ2) is 9.39. The normalized spacial score (nSPS) is 14.5. The van der Waals surface area contributed by atoms with E-state index in [-0.39, 0.29) is 23.1 Å². The van der Waals surface area contributed by atoms with Crippen molar-refractivity contribution in [2.24, 2.45) is 5.73 Å². The molecule has 1 aliphatic rings. The zero-order chi connectivity index (χ0) is 21.7. The summed E-state index contributed by atoms with van der Waals surface area (Å²) in [6.45, 7) is 2.42. The average molecular weight is 412 g/mol. The smallest absolute Gasteiger partial charge is 0.265 e. The average Bonchev–Trinajstić information content (AvgIpc) is 3.13. The molecule has 158 valence electrons. The molecule has 2 aromatic carbocycles. The van der Waals surface area contributed by atoms with Crippen LogP contribution >= 0.6 is 0 Å². The number of carbonyl (C=O) groups is 2. The lowest BCUT2D eigenvalue weighted by Crippen LogP contribution is -2.33. The Hall–Kier alpha value is -3.42. The minimum absolute atomic E-state index is 0.0935. The summed E-state index contributed by atoms with van der Waals surface area (Å²) in [4.78, 5) is 26.0. The standard InChI is InChI=1S/C22H25FN4O3/c1-2-5-19(30-16-7-3-6-14(12-16)21(24)25)22(29)26-15-9-10-18(17(23)13-15)27-11-4-8-20(27)28/h3,6-7,9-10,12-13,19H,2,4-5,8,11H2,1H3,(H3,24,25)(H,26,29). The van der Waals surface area contributed by atoms with E-state index in [4.69, 9.17) is 15.9 Å². The number of rotatable bonds is 8. The number of amidine groups is 1. The maximum absolute atomic E-state index is 14.5. The molecule has 0 aliphatic carbocycles. The molecule has 0 bridgehead atoms. The molecule has 30 heavy (non-hydrogen) atoms. The molecule has 7 nitrogen and oxygen atoms in total. The van der Waals surface area contributed by atoms with Crippen LogP contribution in [0.2, 0.25) is 0 Å². The van der Waals surface area contributed by atoms with Crippen LogP contribution in [0.5, 0.6) is 5.75 Å². The predicted molar refractivity (Wildman–Crippen MR) is 113 cm³/mol. The van der Waals surface area contributed by atoms with Gasteiger partial charge in [-0.1, -0.05) is 25.5 Å². The lowest BCUT2D eigenvalue weighted by atomic mass is 10.1. The van der Waals surface area contributed by atoms with Crippen LogP contribution in [0.1, 0.15) is 38.2 Å². The number of benzene rings is 2. The number of halogens is 1. The highest BCUT2D eigenvalue weighted by Crippen LogP contribution is 2.27. The first-order valence-corrected chi connectivity index (χ1v) is 9.91. The van der Waals surface area contributed by atoms with Crippen LogP contribution in [-0.4, -0.2) is 30.3 Å². The molecular weight excluding hydrogens is 387 g/mol. The minimum atomic E-state index is -0.792. The van der Waals surface area contributed by atoms with Gasteiger partial charge in [0.15, 0.2) is 6.10 Å². The molecule has 1 fully saturated rings. The number of carbonyl (C=O) groups excluding carboxylic acids is 2. The van der Waals surface area contributed by atoms with E-state index in [0.29, 0.717) is 43.5 Å². The van der Waals surface area contributed by atoms with Crippen molar-refractivity contribution in [3.63, 3.8) is 0 Å². The Balaban J connectivity index is 1.72. The zero-order valence-corrected chi connectivity index (χ0v) is 16.8. The molecule has 1 heterocycles. The highest BCUT2D eigenvalue weighted by atomic mass is 19.1. The first kappa shape index (κ1) is 21.3. The molecule has 1 unspecified atom stereocenters. The van der Waals surface area contributed by atoms with E-state index in [1.807, 2.05) is 6.92 Å². The maximum Gasteiger partial charge on any atom is 0.265 e. The highest BCUT2D eigenvalue weighted by Gasteiger charge is 2.25. The molecule has 8 heteroatoms. The number of nitrogens with zero attached hydrogens (tertiary/aromatic N) is 1. The van der Waals surface area contributed by atoms with E-state index in [2.05, 4.69) is 5.32 Å². The first-order chi connectivity index (χ1) is 14.4. The molecule has 3 rings (SSSR count). The molecule has 4 N–H and O–H groups in total. The number of nitrogen functional groups attached to an aromatic ring is 1. The fourth-order valence-electron chi connectivity index (χ4n) is 3.34. The van der Waals surface area contributed by atoms with E-state index in [0.717, 1.165) is 0 Å². The van der Waals surface area contributed by atoms with Crippen molar-refractivity contribution < 1.29 is 18.7 Å². The van der Waals surface area contributed by atoms with E-state index >= 15 is 0 Å². The Morgan fingerprint density at radius 1 is 1.33 bits per heavy atom. The van der Waals surface area contributed by atoms with E-state index < -0.39 is 17.8 Å². The molecule has 0 aromatic heterocycles. The number of amides is 2. The molecule has 1 saturated heterocycles. The SMILES string of the molecule is CCCC(Oc1cccc(C(=N)N)c1)C(=O)Nc1ccc(N2CCCC2=O)c(F)c1. The van der Waals surface area contributed by atoms with Crippen LogP contribution in [-0.2, 0) is 9.59 Å². The molecule has 0 saturated carbocycles. The van der Waals surface area contributed by atoms with Gasteiger partial charge in [0.05, 0.1) is 5.69 Å². The number of nitrogens with one attached hydrogen (secondary N) is 2. The van der Waals surface area contributed by atoms with E-state index in [1.54, 1.807) is 30.3 Å². The van der Waals surface area contributed by atoms with Gasteiger partial charge in [0.2, 0.25) is 5.91 Å². The summed E-state index contributed by atoms with van der Waals surface area (Å²) >= 11 is 0. The van der Waals surface area contributed by atoms with E-state index in [9.17, 15) is 14.0 Å². The highest BCUT2D eigenvalue weighted by molar-refractivity contribution is 5.97. The molecular formula is C22H25FN4O3. The Kier molecular flexibility index (Phi) is 6.66. The van der Waals surface area contributed by atoms with Crippen molar-refractivity contribution >= 4 is 29.0 Å². The van der Waals surface area contributed by atoms with Gasteiger partial charge in [-0.2, -0.15) is 0 Å². The summed E-state index contributed by atoms with van der Waals surface area (Å²) in [5.41, 5.74) is 6.51. The number of anilines is 2. The van der Waals surface area contributed by atoms with Gasteiger partial charge in [-0.3, -0.25) is 15.0 Å².